The van der Waals surface area contributed by atoms with Crippen molar-refractivity contribution < 1.29 is 4.79 Å². The van der Waals surface area contributed by atoms with Crippen LogP contribution in [0.4, 0.5) is 0 Å². The summed E-state index contributed by atoms with van der Waals surface area (Å²) >= 11 is 1.58. The Morgan fingerprint density at radius 2 is 1.92 bits per heavy atom. The average molecular weight is 369 g/mol. The van der Waals surface area contributed by atoms with Gasteiger partial charge < -0.3 is 10.2 Å². The van der Waals surface area contributed by atoms with Gasteiger partial charge in [-0.3, -0.25) is 14.2 Å². The lowest BCUT2D eigenvalue weighted by atomic mass is 9.84. The van der Waals surface area contributed by atoms with Gasteiger partial charge in [-0.25, -0.2) is 0 Å². The maximum atomic E-state index is 12.8. The van der Waals surface area contributed by atoms with Gasteiger partial charge in [0.05, 0.1) is 11.3 Å². The van der Waals surface area contributed by atoms with E-state index in [0.717, 1.165) is 43.1 Å². The molecule has 2 aromatic rings. The molecule has 0 unspecified atom stereocenters. The largest absolute Gasteiger partial charge is 0.348 e. The molecule has 26 heavy (non-hydrogen) atoms. The quantitative estimate of drug-likeness (QED) is 0.841. The van der Waals surface area contributed by atoms with E-state index in [9.17, 15) is 9.59 Å². The van der Waals surface area contributed by atoms with Gasteiger partial charge in [0, 0.05) is 29.7 Å². The summed E-state index contributed by atoms with van der Waals surface area (Å²) in [6, 6.07) is 11.0. The van der Waals surface area contributed by atoms with Crippen molar-refractivity contribution in [3.8, 4) is 5.69 Å². The summed E-state index contributed by atoms with van der Waals surface area (Å²) in [5.74, 6) is 0.478. The smallest absolute Gasteiger partial charge is 0.255 e. The van der Waals surface area contributed by atoms with Gasteiger partial charge in [0.1, 0.15) is 0 Å². The number of fused-ring (bicyclic) bond motifs is 3. The summed E-state index contributed by atoms with van der Waals surface area (Å²) in [7, 11) is 0. The van der Waals surface area contributed by atoms with Crippen molar-refractivity contribution in [3.05, 3.63) is 58.5 Å². The average Bonchev–Trinajstić information content (AvgIpc) is 2.69. The minimum Gasteiger partial charge on any atom is -0.348 e. The number of nitrogens with zero attached hydrogens (tertiary/aromatic N) is 2. The second-order valence-corrected chi connectivity index (χ2v) is 7.86. The predicted molar refractivity (Wildman–Crippen MR) is 104 cm³/mol. The van der Waals surface area contributed by atoms with Crippen molar-refractivity contribution in [2.45, 2.75) is 23.8 Å². The zero-order valence-corrected chi connectivity index (χ0v) is 15.7. The van der Waals surface area contributed by atoms with Crippen molar-refractivity contribution in [2.75, 3.05) is 25.9 Å². The first-order chi connectivity index (χ1) is 12.7. The number of benzene rings is 1. The van der Waals surface area contributed by atoms with Crippen LogP contribution in [0.15, 0.2) is 52.3 Å². The molecule has 3 saturated heterocycles. The lowest BCUT2D eigenvalue weighted by Gasteiger charge is -2.44. The molecule has 3 aliphatic heterocycles. The predicted octanol–water partition coefficient (Wildman–Crippen LogP) is 2.38. The van der Waals surface area contributed by atoms with Crippen LogP contribution in [0.3, 0.4) is 0 Å². The molecule has 1 aromatic carbocycles. The van der Waals surface area contributed by atoms with Crippen LogP contribution in [0, 0.1) is 5.92 Å². The number of pyridine rings is 1. The zero-order chi connectivity index (χ0) is 18.1. The van der Waals surface area contributed by atoms with Crippen molar-refractivity contribution in [2.24, 2.45) is 5.92 Å². The molecule has 3 aliphatic rings. The van der Waals surface area contributed by atoms with E-state index in [1.54, 1.807) is 28.6 Å². The van der Waals surface area contributed by atoms with Gasteiger partial charge >= 0.3 is 0 Å². The molecular formula is C20H23N3O2S. The molecule has 5 nitrogen and oxygen atoms in total. The Hall–Kier alpha value is -2.05. The number of hydrogen-bond acceptors (Lipinski definition) is 4. The normalized spacial score (nSPS) is 24.4. The number of rotatable bonds is 4. The number of nitrogens with one attached hydrogen (secondary N) is 1. The topological polar surface area (TPSA) is 54.3 Å². The van der Waals surface area contributed by atoms with Gasteiger partial charge in [0.25, 0.3) is 11.5 Å². The summed E-state index contributed by atoms with van der Waals surface area (Å²) in [5.41, 5.74) is 1.20. The maximum Gasteiger partial charge on any atom is 0.255 e. The highest BCUT2D eigenvalue weighted by Crippen LogP contribution is 2.27. The first kappa shape index (κ1) is 17.4. The molecular weight excluding hydrogens is 346 g/mol. The first-order valence-electron chi connectivity index (χ1n) is 9.05. The summed E-state index contributed by atoms with van der Waals surface area (Å²) < 4.78 is 1.57. The van der Waals surface area contributed by atoms with E-state index in [4.69, 9.17) is 0 Å². The minimum absolute atomic E-state index is 0.0980. The number of piperidine rings is 3. The van der Waals surface area contributed by atoms with Crippen LogP contribution in [0.2, 0.25) is 0 Å². The van der Waals surface area contributed by atoms with Crippen molar-refractivity contribution in [3.63, 3.8) is 0 Å². The number of hydrogen-bond donors (Lipinski definition) is 1. The number of para-hydroxylation sites is 1. The van der Waals surface area contributed by atoms with Gasteiger partial charge in [-0.1, -0.05) is 12.1 Å². The van der Waals surface area contributed by atoms with Crippen molar-refractivity contribution in [1.82, 2.24) is 14.8 Å². The third-order valence-corrected chi connectivity index (χ3v) is 6.28. The van der Waals surface area contributed by atoms with E-state index in [2.05, 4.69) is 10.2 Å². The third kappa shape index (κ3) is 3.31. The first-order valence-corrected chi connectivity index (χ1v) is 10.3. The number of thioether (sulfide) groups is 1. The Labute approximate surface area is 157 Å². The van der Waals surface area contributed by atoms with E-state index in [-0.39, 0.29) is 17.5 Å². The molecule has 1 amide bonds. The molecule has 0 spiro atoms. The molecule has 1 N–H and O–H groups in total. The molecule has 2 bridgehead atoms. The van der Waals surface area contributed by atoms with Gasteiger partial charge in [-0.15, -0.1) is 11.8 Å². The lowest BCUT2D eigenvalue weighted by Crippen LogP contribution is -2.57. The van der Waals surface area contributed by atoms with Gasteiger partial charge in [0.2, 0.25) is 0 Å². The number of carbonyl (C=O) groups excluding carboxylic acids is 1. The fraction of sp³-hybridized carbons (Fsp3) is 0.400. The highest BCUT2D eigenvalue weighted by Gasteiger charge is 2.35. The summed E-state index contributed by atoms with van der Waals surface area (Å²) in [5, 5.41) is 3.19. The van der Waals surface area contributed by atoms with Crippen LogP contribution < -0.4 is 10.9 Å². The van der Waals surface area contributed by atoms with Crippen molar-refractivity contribution >= 4 is 17.7 Å². The molecule has 0 saturated carbocycles. The van der Waals surface area contributed by atoms with E-state index in [1.807, 2.05) is 30.5 Å². The molecule has 0 radical (unpaired) electrons. The Morgan fingerprint density at radius 1 is 1.15 bits per heavy atom. The molecule has 136 valence electrons. The molecule has 3 fully saturated rings. The highest BCUT2D eigenvalue weighted by molar-refractivity contribution is 7.98. The standard InChI is InChI=1S/C20H23N3O2S/c1-26-18-5-3-2-4-17(18)23-12-15(6-7-19(23)24)20(25)21-16-13-22-10-8-14(16)9-11-22/h2-7,12,14,16H,8-11,13H2,1H3,(H,21,25)/t16-/m0/s1. The Kier molecular flexibility index (Phi) is 4.87. The Balaban J connectivity index is 1.59. The zero-order valence-electron chi connectivity index (χ0n) is 14.9. The van der Waals surface area contributed by atoms with Crippen LogP contribution in [0.25, 0.3) is 5.69 Å². The number of aromatic nitrogens is 1. The van der Waals surface area contributed by atoms with E-state index >= 15 is 0 Å². The fourth-order valence-electron chi connectivity index (χ4n) is 4.02. The molecule has 1 atom stereocenters. The van der Waals surface area contributed by atoms with Crippen LogP contribution in [0.5, 0.6) is 0 Å². The monoisotopic (exact) mass is 369 g/mol. The van der Waals surface area contributed by atoms with Crippen LogP contribution in [-0.4, -0.2) is 47.3 Å². The molecule has 1 aromatic heterocycles. The Morgan fingerprint density at radius 3 is 2.62 bits per heavy atom. The van der Waals surface area contributed by atoms with Crippen LogP contribution in [0.1, 0.15) is 23.2 Å². The van der Waals surface area contributed by atoms with Gasteiger partial charge in [-0.2, -0.15) is 0 Å². The van der Waals surface area contributed by atoms with Gasteiger partial charge in [-0.05, 0) is 56.3 Å². The second-order valence-electron chi connectivity index (χ2n) is 7.02. The number of amides is 1. The van der Waals surface area contributed by atoms with E-state index in [1.165, 1.54) is 6.07 Å². The summed E-state index contributed by atoms with van der Waals surface area (Å²) in [4.78, 5) is 28.6. The highest BCUT2D eigenvalue weighted by atomic mass is 32.2. The molecule has 6 heteroatoms. The maximum absolute atomic E-state index is 12.8. The Bertz CT molecular complexity index is 871. The number of carbonyl (C=O) groups is 1. The lowest BCUT2D eigenvalue weighted by molar-refractivity contribution is 0.0620. The molecule has 0 aliphatic carbocycles. The fourth-order valence-corrected chi connectivity index (χ4v) is 4.61. The van der Waals surface area contributed by atoms with Crippen LogP contribution in [-0.2, 0) is 0 Å². The SMILES string of the molecule is CSc1ccccc1-n1cc(C(=O)N[C@H]2CN3CCC2CC3)ccc1=O. The summed E-state index contributed by atoms with van der Waals surface area (Å²) in [6.45, 7) is 3.23. The van der Waals surface area contributed by atoms with Gasteiger partial charge in [0.15, 0.2) is 0 Å². The van der Waals surface area contributed by atoms with Crippen molar-refractivity contribution in [1.29, 1.82) is 0 Å². The summed E-state index contributed by atoms with van der Waals surface area (Å²) in [6.07, 6.45) is 5.96. The van der Waals surface area contributed by atoms with E-state index in [0.29, 0.717) is 11.5 Å². The van der Waals surface area contributed by atoms with E-state index < -0.39 is 0 Å². The van der Waals surface area contributed by atoms with Crippen LogP contribution >= 0.6 is 11.8 Å². The molecule has 5 rings (SSSR count). The minimum atomic E-state index is -0.133. The third-order valence-electron chi connectivity index (χ3n) is 5.49. The molecule has 4 heterocycles. The second kappa shape index (κ2) is 7.29.